The summed E-state index contributed by atoms with van der Waals surface area (Å²) in [6.07, 6.45) is 0. The van der Waals surface area contributed by atoms with Crippen molar-refractivity contribution < 1.29 is 9.59 Å². The summed E-state index contributed by atoms with van der Waals surface area (Å²) >= 11 is 5.73. The van der Waals surface area contributed by atoms with Gasteiger partial charge in [-0.3, -0.25) is 9.59 Å². The third kappa shape index (κ3) is 2.84. The second-order valence-corrected chi connectivity index (χ2v) is 4.94. The summed E-state index contributed by atoms with van der Waals surface area (Å²) < 4.78 is 0. The Balaban J connectivity index is 2.71. The number of nitrogens with zero attached hydrogens (tertiary/aromatic N) is 1. The minimum absolute atomic E-state index is 0.0151. The molecule has 4 nitrogen and oxygen atoms in total. The molecule has 0 aliphatic carbocycles. The molecule has 0 aromatic rings. The highest BCUT2D eigenvalue weighted by molar-refractivity contribution is 6.19. The van der Waals surface area contributed by atoms with Gasteiger partial charge in [-0.1, -0.05) is 0 Å². The van der Waals surface area contributed by atoms with Crippen LogP contribution in [0.4, 0.5) is 0 Å². The number of nitrogens with one attached hydrogen (secondary N) is 1. The molecule has 1 unspecified atom stereocenters. The van der Waals surface area contributed by atoms with Crippen molar-refractivity contribution in [3.8, 4) is 0 Å². The lowest BCUT2D eigenvalue weighted by atomic mass is 9.93. The summed E-state index contributed by atoms with van der Waals surface area (Å²) in [5, 5.41) is 2.77. The van der Waals surface area contributed by atoms with Crippen molar-refractivity contribution in [2.45, 2.75) is 26.8 Å². The van der Waals surface area contributed by atoms with Gasteiger partial charge in [0.25, 0.3) is 0 Å². The van der Waals surface area contributed by atoms with Crippen LogP contribution in [0.25, 0.3) is 0 Å². The Kier molecular flexibility index (Phi) is 3.60. The Morgan fingerprint density at radius 1 is 1.67 bits per heavy atom. The third-order valence-corrected chi connectivity index (χ3v) is 3.10. The third-order valence-electron chi connectivity index (χ3n) is 2.44. The summed E-state index contributed by atoms with van der Waals surface area (Å²) in [6.45, 7) is 6.17. The van der Waals surface area contributed by atoms with Crippen LogP contribution in [0.15, 0.2) is 0 Å². The molecule has 1 N–H and O–H groups in total. The fourth-order valence-electron chi connectivity index (χ4n) is 1.57. The van der Waals surface area contributed by atoms with Crippen LogP contribution >= 0.6 is 11.6 Å². The average molecular weight is 233 g/mol. The average Bonchev–Trinajstić information content (AvgIpc) is 2.15. The fourth-order valence-corrected chi connectivity index (χ4v) is 1.69. The van der Waals surface area contributed by atoms with Crippen LogP contribution in [-0.4, -0.2) is 41.7 Å². The quantitative estimate of drug-likeness (QED) is 0.709. The standard InChI is InChI=1S/C10H17ClN2O2/c1-7-4-13(5-8(14)12-7)9(15)10(2,3)6-11/h7H,4-6H2,1-3H3,(H,12,14). The Morgan fingerprint density at radius 3 is 2.73 bits per heavy atom. The Hall–Kier alpha value is -0.770. The topological polar surface area (TPSA) is 49.4 Å². The van der Waals surface area contributed by atoms with Crippen molar-refractivity contribution in [3.63, 3.8) is 0 Å². The molecule has 0 aromatic carbocycles. The molecule has 15 heavy (non-hydrogen) atoms. The zero-order valence-electron chi connectivity index (χ0n) is 9.34. The zero-order valence-corrected chi connectivity index (χ0v) is 10.1. The molecule has 0 spiro atoms. The molecule has 1 aliphatic heterocycles. The van der Waals surface area contributed by atoms with E-state index in [4.69, 9.17) is 11.6 Å². The van der Waals surface area contributed by atoms with Crippen LogP contribution < -0.4 is 5.32 Å². The predicted molar refractivity (Wildman–Crippen MR) is 58.7 cm³/mol. The van der Waals surface area contributed by atoms with Gasteiger partial charge in [-0.25, -0.2) is 0 Å². The highest BCUT2D eigenvalue weighted by atomic mass is 35.5. The molecule has 1 rings (SSSR count). The van der Waals surface area contributed by atoms with E-state index in [9.17, 15) is 9.59 Å². The minimum atomic E-state index is -0.598. The summed E-state index contributed by atoms with van der Waals surface area (Å²) in [5.74, 6) is 0.102. The molecule has 1 aliphatic rings. The van der Waals surface area contributed by atoms with Crippen molar-refractivity contribution >= 4 is 23.4 Å². The molecular weight excluding hydrogens is 216 g/mol. The molecule has 86 valence electrons. The van der Waals surface area contributed by atoms with Gasteiger partial charge in [0.15, 0.2) is 0 Å². The lowest BCUT2D eigenvalue weighted by Gasteiger charge is -2.35. The summed E-state index contributed by atoms with van der Waals surface area (Å²) in [4.78, 5) is 24.8. The number of hydrogen-bond acceptors (Lipinski definition) is 2. The van der Waals surface area contributed by atoms with Crippen molar-refractivity contribution in [1.82, 2.24) is 10.2 Å². The number of piperazine rings is 1. The van der Waals surface area contributed by atoms with E-state index >= 15 is 0 Å². The molecule has 0 bridgehead atoms. The van der Waals surface area contributed by atoms with E-state index in [2.05, 4.69) is 5.32 Å². The van der Waals surface area contributed by atoms with Crippen LogP contribution in [0.2, 0.25) is 0 Å². The maximum Gasteiger partial charge on any atom is 0.239 e. The van der Waals surface area contributed by atoms with Gasteiger partial charge < -0.3 is 10.2 Å². The van der Waals surface area contributed by atoms with E-state index in [0.29, 0.717) is 6.54 Å². The Bertz CT molecular complexity index is 279. The fraction of sp³-hybridized carbons (Fsp3) is 0.800. The molecule has 1 saturated heterocycles. The first-order valence-corrected chi connectivity index (χ1v) is 5.55. The lowest BCUT2D eigenvalue weighted by Crippen LogP contribution is -2.57. The SMILES string of the molecule is CC1CN(C(=O)C(C)(C)CCl)CC(=O)N1. The summed E-state index contributed by atoms with van der Waals surface area (Å²) in [6, 6.07) is 0.0151. The van der Waals surface area contributed by atoms with Crippen molar-refractivity contribution in [3.05, 3.63) is 0 Å². The molecule has 1 atom stereocenters. The number of hydrogen-bond donors (Lipinski definition) is 1. The van der Waals surface area contributed by atoms with Gasteiger partial charge in [0.1, 0.15) is 0 Å². The molecule has 1 heterocycles. The molecule has 2 amide bonds. The van der Waals surface area contributed by atoms with Gasteiger partial charge >= 0.3 is 0 Å². The van der Waals surface area contributed by atoms with Gasteiger partial charge in [-0.05, 0) is 20.8 Å². The van der Waals surface area contributed by atoms with E-state index in [-0.39, 0.29) is 30.3 Å². The highest BCUT2D eigenvalue weighted by Crippen LogP contribution is 2.21. The molecular formula is C10H17ClN2O2. The number of carbonyl (C=O) groups is 2. The number of alkyl halides is 1. The van der Waals surface area contributed by atoms with E-state index in [0.717, 1.165) is 0 Å². The largest absolute Gasteiger partial charge is 0.350 e. The van der Waals surface area contributed by atoms with Crippen molar-refractivity contribution in [2.75, 3.05) is 19.0 Å². The van der Waals surface area contributed by atoms with Crippen LogP contribution in [0.5, 0.6) is 0 Å². The molecule has 1 fully saturated rings. The first kappa shape index (κ1) is 12.3. The van der Waals surface area contributed by atoms with E-state index < -0.39 is 5.41 Å². The van der Waals surface area contributed by atoms with Crippen LogP contribution in [0, 0.1) is 5.41 Å². The molecule has 0 radical (unpaired) electrons. The Labute approximate surface area is 95.0 Å². The highest BCUT2D eigenvalue weighted by Gasteiger charge is 2.34. The van der Waals surface area contributed by atoms with Gasteiger partial charge in [-0.2, -0.15) is 0 Å². The Morgan fingerprint density at radius 2 is 2.27 bits per heavy atom. The van der Waals surface area contributed by atoms with Crippen LogP contribution in [0.3, 0.4) is 0 Å². The second kappa shape index (κ2) is 4.39. The second-order valence-electron chi connectivity index (χ2n) is 4.67. The summed E-state index contributed by atoms with van der Waals surface area (Å²) in [5.41, 5.74) is -0.598. The number of carbonyl (C=O) groups excluding carboxylic acids is 2. The first-order valence-electron chi connectivity index (χ1n) is 5.01. The number of halogens is 1. The van der Waals surface area contributed by atoms with Crippen LogP contribution in [0.1, 0.15) is 20.8 Å². The maximum atomic E-state index is 12.0. The molecule has 0 aromatic heterocycles. The summed E-state index contributed by atoms with van der Waals surface area (Å²) in [7, 11) is 0. The van der Waals surface area contributed by atoms with Gasteiger partial charge in [0.2, 0.25) is 11.8 Å². The number of rotatable bonds is 2. The van der Waals surface area contributed by atoms with Crippen LogP contribution in [-0.2, 0) is 9.59 Å². The normalized spacial score (nSPS) is 22.5. The van der Waals surface area contributed by atoms with Crippen molar-refractivity contribution in [2.24, 2.45) is 5.41 Å². The first-order chi connectivity index (χ1) is 6.86. The monoisotopic (exact) mass is 232 g/mol. The lowest BCUT2D eigenvalue weighted by molar-refractivity contribution is -0.145. The maximum absolute atomic E-state index is 12.0. The van der Waals surface area contributed by atoms with E-state index in [1.807, 2.05) is 6.92 Å². The minimum Gasteiger partial charge on any atom is -0.350 e. The van der Waals surface area contributed by atoms with E-state index in [1.54, 1.807) is 18.7 Å². The van der Waals surface area contributed by atoms with Crippen molar-refractivity contribution in [1.29, 1.82) is 0 Å². The van der Waals surface area contributed by atoms with Gasteiger partial charge in [0.05, 0.1) is 12.0 Å². The van der Waals surface area contributed by atoms with E-state index in [1.165, 1.54) is 0 Å². The molecule has 5 heteroatoms. The predicted octanol–water partition coefficient (Wildman–Crippen LogP) is 0.598. The van der Waals surface area contributed by atoms with Gasteiger partial charge in [-0.15, -0.1) is 11.6 Å². The number of amides is 2. The van der Waals surface area contributed by atoms with Gasteiger partial charge in [0, 0.05) is 18.5 Å². The molecule has 0 saturated carbocycles. The smallest absolute Gasteiger partial charge is 0.239 e. The zero-order chi connectivity index (χ0) is 11.6.